The molecule has 0 fully saturated rings. The predicted molar refractivity (Wildman–Crippen MR) is 99.7 cm³/mol. The molecule has 148 valence electrons. The van der Waals surface area contributed by atoms with Crippen LogP contribution < -0.4 is 15.4 Å². The number of carbonyl (C=O) groups is 2. The molecule has 0 saturated heterocycles. The summed E-state index contributed by atoms with van der Waals surface area (Å²) in [5.41, 5.74) is -0.0317. The molecule has 0 bridgehead atoms. The SMILES string of the molecule is CCOc1ccc(NC(=O)CNC(=O)/C=C/c2cccc(C(F)(F)F)c2)cc1. The number of alkyl halides is 3. The number of halogens is 3. The lowest BCUT2D eigenvalue weighted by molar-refractivity contribution is -0.137. The second-order valence-electron chi connectivity index (χ2n) is 5.68. The van der Waals surface area contributed by atoms with E-state index in [1.807, 2.05) is 6.92 Å². The zero-order valence-electron chi connectivity index (χ0n) is 15.0. The number of carbonyl (C=O) groups excluding carboxylic acids is 2. The minimum atomic E-state index is -4.45. The molecule has 0 unspecified atom stereocenters. The van der Waals surface area contributed by atoms with Crippen LogP contribution in [0.1, 0.15) is 18.1 Å². The van der Waals surface area contributed by atoms with Gasteiger partial charge in [0.2, 0.25) is 11.8 Å². The van der Waals surface area contributed by atoms with Gasteiger partial charge in [0.05, 0.1) is 18.7 Å². The summed E-state index contributed by atoms with van der Waals surface area (Å²) in [7, 11) is 0. The van der Waals surface area contributed by atoms with Crippen LogP contribution in [0, 0.1) is 0 Å². The van der Waals surface area contributed by atoms with Gasteiger partial charge >= 0.3 is 6.18 Å². The monoisotopic (exact) mass is 392 g/mol. The third-order valence-corrected chi connectivity index (χ3v) is 3.51. The molecule has 0 radical (unpaired) electrons. The molecule has 8 heteroatoms. The summed E-state index contributed by atoms with van der Waals surface area (Å²) in [6.45, 7) is 2.12. The molecule has 0 saturated carbocycles. The number of rotatable bonds is 7. The van der Waals surface area contributed by atoms with Crippen LogP contribution in [0.15, 0.2) is 54.6 Å². The Kier molecular flexibility index (Phi) is 7.20. The van der Waals surface area contributed by atoms with E-state index in [4.69, 9.17) is 4.74 Å². The van der Waals surface area contributed by atoms with Crippen LogP contribution >= 0.6 is 0 Å². The highest BCUT2D eigenvalue weighted by atomic mass is 19.4. The van der Waals surface area contributed by atoms with Crippen molar-refractivity contribution in [2.45, 2.75) is 13.1 Å². The van der Waals surface area contributed by atoms with Gasteiger partial charge < -0.3 is 15.4 Å². The predicted octanol–water partition coefficient (Wildman–Crippen LogP) is 3.87. The van der Waals surface area contributed by atoms with Gasteiger partial charge in [0.25, 0.3) is 0 Å². The van der Waals surface area contributed by atoms with Crippen LogP contribution in [0.2, 0.25) is 0 Å². The fourth-order valence-electron chi connectivity index (χ4n) is 2.22. The van der Waals surface area contributed by atoms with Gasteiger partial charge in [-0.1, -0.05) is 12.1 Å². The molecule has 0 spiro atoms. The van der Waals surface area contributed by atoms with Gasteiger partial charge in [0, 0.05) is 11.8 Å². The molecule has 0 heterocycles. The lowest BCUT2D eigenvalue weighted by Gasteiger charge is -2.07. The summed E-state index contributed by atoms with van der Waals surface area (Å²) in [5, 5.41) is 4.97. The normalized spacial score (nSPS) is 11.3. The summed E-state index contributed by atoms with van der Waals surface area (Å²) < 4.78 is 43.3. The Morgan fingerprint density at radius 1 is 1.11 bits per heavy atom. The molecule has 2 aromatic carbocycles. The van der Waals surface area contributed by atoms with Gasteiger partial charge in [-0.15, -0.1) is 0 Å². The van der Waals surface area contributed by atoms with Gasteiger partial charge in [-0.05, 0) is 55.0 Å². The van der Waals surface area contributed by atoms with Gasteiger partial charge in [-0.25, -0.2) is 0 Å². The summed E-state index contributed by atoms with van der Waals surface area (Å²) >= 11 is 0. The van der Waals surface area contributed by atoms with Crippen LogP contribution in [0.3, 0.4) is 0 Å². The van der Waals surface area contributed by atoms with E-state index in [0.29, 0.717) is 18.0 Å². The van der Waals surface area contributed by atoms with Crippen molar-refractivity contribution in [3.05, 3.63) is 65.7 Å². The maximum absolute atomic E-state index is 12.7. The summed E-state index contributed by atoms with van der Waals surface area (Å²) in [5.74, 6) is -0.363. The van der Waals surface area contributed by atoms with Gasteiger partial charge in [0.15, 0.2) is 0 Å². The summed E-state index contributed by atoms with van der Waals surface area (Å²) in [4.78, 5) is 23.6. The lowest BCUT2D eigenvalue weighted by Crippen LogP contribution is -2.31. The largest absolute Gasteiger partial charge is 0.494 e. The van der Waals surface area contributed by atoms with E-state index >= 15 is 0 Å². The molecule has 2 rings (SSSR count). The lowest BCUT2D eigenvalue weighted by atomic mass is 10.1. The highest BCUT2D eigenvalue weighted by Crippen LogP contribution is 2.29. The van der Waals surface area contributed by atoms with Crippen molar-refractivity contribution in [1.29, 1.82) is 0 Å². The first-order valence-electron chi connectivity index (χ1n) is 8.44. The van der Waals surface area contributed by atoms with E-state index in [-0.39, 0.29) is 12.1 Å². The fourth-order valence-corrected chi connectivity index (χ4v) is 2.22. The standard InChI is InChI=1S/C20H19F3N2O3/c1-2-28-17-9-7-16(8-10-17)25-19(27)13-24-18(26)11-6-14-4-3-5-15(12-14)20(21,22)23/h3-12H,2,13H2,1H3,(H,24,26)(H,25,27)/b11-6+. The second-order valence-corrected chi connectivity index (χ2v) is 5.68. The number of nitrogens with one attached hydrogen (secondary N) is 2. The molecule has 0 aliphatic rings. The van der Waals surface area contributed by atoms with Gasteiger partial charge in [0.1, 0.15) is 5.75 Å². The van der Waals surface area contributed by atoms with Crippen molar-refractivity contribution < 1.29 is 27.5 Å². The minimum absolute atomic E-state index is 0.226. The van der Waals surface area contributed by atoms with Crippen LogP contribution in [0.5, 0.6) is 5.75 Å². The van der Waals surface area contributed by atoms with Gasteiger partial charge in [-0.3, -0.25) is 9.59 Å². The first-order chi connectivity index (χ1) is 13.3. The summed E-state index contributed by atoms with van der Waals surface area (Å²) in [6.07, 6.45) is -2.14. The van der Waals surface area contributed by atoms with E-state index < -0.39 is 23.6 Å². The first-order valence-corrected chi connectivity index (χ1v) is 8.44. The number of ether oxygens (including phenoxy) is 1. The van der Waals surface area contributed by atoms with Crippen LogP contribution in [-0.4, -0.2) is 25.0 Å². The van der Waals surface area contributed by atoms with Crippen molar-refractivity contribution in [3.8, 4) is 5.75 Å². The molecule has 28 heavy (non-hydrogen) atoms. The number of amides is 2. The Bertz CT molecular complexity index is 847. The summed E-state index contributed by atoms with van der Waals surface area (Å²) in [6, 6.07) is 11.3. The van der Waals surface area contributed by atoms with Crippen molar-refractivity contribution in [2.75, 3.05) is 18.5 Å². The highest BCUT2D eigenvalue weighted by Gasteiger charge is 2.30. The zero-order valence-corrected chi connectivity index (χ0v) is 15.0. The molecule has 0 aliphatic heterocycles. The van der Waals surface area contributed by atoms with E-state index in [1.165, 1.54) is 18.2 Å². The Hall–Kier alpha value is -3.29. The van der Waals surface area contributed by atoms with Crippen molar-refractivity contribution >= 4 is 23.6 Å². The molecule has 2 N–H and O–H groups in total. The average Bonchev–Trinajstić information content (AvgIpc) is 2.66. The second kappa shape index (κ2) is 9.59. The molecular formula is C20H19F3N2O3. The number of hydrogen-bond acceptors (Lipinski definition) is 3. The fraction of sp³-hybridized carbons (Fsp3) is 0.200. The molecule has 2 amide bonds. The third kappa shape index (κ3) is 6.79. The first kappa shape index (κ1) is 21.0. The molecule has 0 aliphatic carbocycles. The Morgan fingerprint density at radius 3 is 2.46 bits per heavy atom. The molecule has 5 nitrogen and oxygen atoms in total. The van der Waals surface area contributed by atoms with Crippen molar-refractivity contribution in [1.82, 2.24) is 5.32 Å². The molecular weight excluding hydrogens is 373 g/mol. The Morgan fingerprint density at radius 2 is 1.82 bits per heavy atom. The maximum Gasteiger partial charge on any atom is 0.416 e. The number of benzene rings is 2. The van der Waals surface area contributed by atoms with Crippen molar-refractivity contribution in [2.24, 2.45) is 0 Å². The third-order valence-electron chi connectivity index (χ3n) is 3.51. The quantitative estimate of drug-likeness (QED) is 0.703. The zero-order chi connectivity index (χ0) is 20.6. The van der Waals surface area contributed by atoms with E-state index in [0.717, 1.165) is 18.2 Å². The number of hydrogen-bond donors (Lipinski definition) is 2. The molecule has 0 atom stereocenters. The highest BCUT2D eigenvalue weighted by molar-refractivity contribution is 5.98. The Balaban J connectivity index is 1.83. The van der Waals surface area contributed by atoms with Crippen LogP contribution in [0.25, 0.3) is 6.08 Å². The van der Waals surface area contributed by atoms with E-state index in [1.54, 1.807) is 24.3 Å². The van der Waals surface area contributed by atoms with Crippen molar-refractivity contribution in [3.63, 3.8) is 0 Å². The minimum Gasteiger partial charge on any atom is -0.494 e. The number of anilines is 1. The maximum atomic E-state index is 12.7. The average molecular weight is 392 g/mol. The molecule has 2 aromatic rings. The smallest absolute Gasteiger partial charge is 0.416 e. The Labute approximate surface area is 160 Å². The van der Waals surface area contributed by atoms with Crippen LogP contribution in [0.4, 0.5) is 18.9 Å². The van der Waals surface area contributed by atoms with Crippen LogP contribution in [-0.2, 0) is 15.8 Å². The topological polar surface area (TPSA) is 67.4 Å². The van der Waals surface area contributed by atoms with Gasteiger partial charge in [-0.2, -0.15) is 13.2 Å². The van der Waals surface area contributed by atoms with E-state index in [9.17, 15) is 22.8 Å². The molecule has 0 aromatic heterocycles. The van der Waals surface area contributed by atoms with E-state index in [2.05, 4.69) is 10.6 Å².